The third-order valence-corrected chi connectivity index (χ3v) is 0.724. The van der Waals surface area contributed by atoms with Gasteiger partial charge in [0.2, 0.25) is 5.96 Å². The maximum atomic E-state index is 5.32. The largest absolute Gasteiger partial charge is 0.369 e. The van der Waals surface area contributed by atoms with E-state index in [4.69, 9.17) is 10.6 Å². The maximum Gasteiger partial charge on any atom is 0.205 e. The second-order valence-corrected chi connectivity index (χ2v) is 1.52. The zero-order valence-corrected chi connectivity index (χ0v) is 6.35. The quantitative estimate of drug-likeness (QED) is 0.214. The van der Waals surface area contributed by atoms with Crippen LogP contribution >= 0.6 is 0 Å². The molecule has 0 aromatic heterocycles. The Hall–Kier alpha value is -0.810. The molecule has 4 N–H and O–H groups in total. The van der Waals surface area contributed by atoms with Gasteiger partial charge in [-0.3, -0.25) is 15.3 Å². The standard InChI is InChI=1S/C5H14N4O/c1-3-7-5(6)8-9-10-4-2/h9H,3-4H2,1-2H3,(H3,6,7,8). The van der Waals surface area contributed by atoms with Gasteiger partial charge in [0.25, 0.3) is 0 Å². The molecule has 60 valence electrons. The molecule has 0 rings (SSSR count). The minimum atomic E-state index is 0.330. The monoisotopic (exact) mass is 146 g/mol. The van der Waals surface area contributed by atoms with Gasteiger partial charge in [-0.2, -0.15) is 0 Å². The number of nitrogens with one attached hydrogen (secondary N) is 2. The summed E-state index contributed by atoms with van der Waals surface area (Å²) in [5.74, 6) is 0.330. The maximum absolute atomic E-state index is 5.32. The van der Waals surface area contributed by atoms with Gasteiger partial charge < -0.3 is 5.73 Å². The SMILES string of the molecule is CCN=C(N)NNOCC. The number of hydrogen-bond donors (Lipinski definition) is 3. The average molecular weight is 146 g/mol. The summed E-state index contributed by atoms with van der Waals surface area (Å²) in [6.45, 7) is 5.00. The van der Waals surface area contributed by atoms with Gasteiger partial charge in [0.1, 0.15) is 0 Å². The third kappa shape index (κ3) is 5.33. The molecule has 0 aromatic carbocycles. The van der Waals surface area contributed by atoms with Crippen LogP contribution in [0.5, 0.6) is 0 Å². The minimum absolute atomic E-state index is 0.330. The highest BCUT2D eigenvalue weighted by Gasteiger charge is 1.84. The summed E-state index contributed by atoms with van der Waals surface area (Å²) in [4.78, 5) is 8.57. The first-order valence-corrected chi connectivity index (χ1v) is 3.24. The second-order valence-electron chi connectivity index (χ2n) is 1.52. The van der Waals surface area contributed by atoms with Gasteiger partial charge >= 0.3 is 0 Å². The van der Waals surface area contributed by atoms with Crippen molar-refractivity contribution in [3.63, 3.8) is 0 Å². The summed E-state index contributed by atoms with van der Waals surface area (Å²) in [5, 5.41) is 0. The number of nitrogens with zero attached hydrogens (tertiary/aromatic N) is 1. The molecule has 0 saturated carbocycles. The molecule has 5 heteroatoms. The number of rotatable bonds is 4. The molecule has 0 aromatic rings. The lowest BCUT2D eigenvalue weighted by Gasteiger charge is -2.04. The Morgan fingerprint density at radius 1 is 1.60 bits per heavy atom. The molecule has 5 nitrogen and oxygen atoms in total. The first-order valence-electron chi connectivity index (χ1n) is 3.24. The Morgan fingerprint density at radius 2 is 2.30 bits per heavy atom. The number of aliphatic imine (C=N–C) groups is 1. The van der Waals surface area contributed by atoms with Gasteiger partial charge in [0.05, 0.1) is 6.61 Å². The predicted octanol–water partition coefficient (Wildman–Crippen LogP) is -0.633. The highest BCUT2D eigenvalue weighted by Crippen LogP contribution is 1.64. The Morgan fingerprint density at radius 3 is 2.80 bits per heavy atom. The van der Waals surface area contributed by atoms with E-state index >= 15 is 0 Å². The van der Waals surface area contributed by atoms with Gasteiger partial charge in [0, 0.05) is 6.54 Å². The van der Waals surface area contributed by atoms with E-state index in [1.807, 2.05) is 13.8 Å². The van der Waals surface area contributed by atoms with Crippen LogP contribution in [0.4, 0.5) is 0 Å². The Bertz CT molecular complexity index is 104. The smallest absolute Gasteiger partial charge is 0.205 e. The van der Waals surface area contributed by atoms with Gasteiger partial charge in [0.15, 0.2) is 0 Å². The molecular weight excluding hydrogens is 132 g/mol. The Balaban J connectivity index is 3.21. The lowest BCUT2D eigenvalue weighted by molar-refractivity contribution is 0.0343. The zero-order valence-electron chi connectivity index (χ0n) is 6.35. The molecule has 0 spiro atoms. The van der Waals surface area contributed by atoms with E-state index in [-0.39, 0.29) is 0 Å². The predicted molar refractivity (Wildman–Crippen MR) is 40.1 cm³/mol. The number of guanidine groups is 1. The average Bonchev–Trinajstić information content (AvgIpc) is 1.89. The van der Waals surface area contributed by atoms with Crippen molar-refractivity contribution in [2.24, 2.45) is 10.7 Å². The van der Waals surface area contributed by atoms with Gasteiger partial charge in [-0.15, -0.1) is 5.59 Å². The van der Waals surface area contributed by atoms with Crippen LogP contribution in [0.2, 0.25) is 0 Å². The van der Waals surface area contributed by atoms with Crippen molar-refractivity contribution in [1.29, 1.82) is 0 Å². The fraction of sp³-hybridized carbons (Fsp3) is 0.800. The van der Waals surface area contributed by atoms with Crippen LogP contribution in [-0.4, -0.2) is 19.1 Å². The lowest BCUT2D eigenvalue weighted by Crippen LogP contribution is -2.42. The summed E-state index contributed by atoms with van der Waals surface area (Å²) in [6.07, 6.45) is 0. The van der Waals surface area contributed by atoms with E-state index in [0.717, 1.165) is 0 Å². The summed E-state index contributed by atoms with van der Waals surface area (Å²) in [5.41, 5.74) is 10.3. The van der Waals surface area contributed by atoms with Gasteiger partial charge in [-0.25, -0.2) is 0 Å². The molecule has 0 heterocycles. The molecule has 0 aliphatic carbocycles. The van der Waals surface area contributed by atoms with Crippen molar-refractivity contribution < 1.29 is 4.84 Å². The summed E-state index contributed by atoms with van der Waals surface area (Å²) >= 11 is 0. The van der Waals surface area contributed by atoms with Crippen molar-refractivity contribution >= 4 is 5.96 Å². The van der Waals surface area contributed by atoms with E-state index in [9.17, 15) is 0 Å². The van der Waals surface area contributed by atoms with Crippen LogP contribution < -0.4 is 16.7 Å². The first-order chi connectivity index (χ1) is 4.81. The molecule has 0 aliphatic heterocycles. The van der Waals surface area contributed by atoms with Crippen molar-refractivity contribution in [1.82, 2.24) is 11.0 Å². The number of hydrazine groups is 1. The van der Waals surface area contributed by atoms with Crippen LogP contribution in [0.1, 0.15) is 13.8 Å². The van der Waals surface area contributed by atoms with Crippen molar-refractivity contribution in [3.05, 3.63) is 0 Å². The molecule has 0 bridgehead atoms. The Labute approximate surface area is 60.6 Å². The van der Waals surface area contributed by atoms with Crippen molar-refractivity contribution in [2.75, 3.05) is 13.2 Å². The van der Waals surface area contributed by atoms with Crippen molar-refractivity contribution in [3.8, 4) is 0 Å². The normalized spacial score (nSPS) is 11.6. The van der Waals surface area contributed by atoms with Gasteiger partial charge in [-0.05, 0) is 13.8 Å². The lowest BCUT2D eigenvalue weighted by atomic mass is 10.8. The highest BCUT2D eigenvalue weighted by atomic mass is 16.7. The van der Waals surface area contributed by atoms with Crippen LogP contribution in [-0.2, 0) is 4.84 Å². The van der Waals surface area contributed by atoms with E-state index in [0.29, 0.717) is 19.1 Å². The van der Waals surface area contributed by atoms with Crippen LogP contribution in [0.25, 0.3) is 0 Å². The summed E-state index contributed by atoms with van der Waals surface area (Å²) in [7, 11) is 0. The van der Waals surface area contributed by atoms with E-state index in [2.05, 4.69) is 16.0 Å². The van der Waals surface area contributed by atoms with Crippen LogP contribution in [0, 0.1) is 0 Å². The molecule has 0 amide bonds. The number of nitrogens with two attached hydrogens (primary N) is 1. The van der Waals surface area contributed by atoms with Gasteiger partial charge in [-0.1, -0.05) is 0 Å². The fourth-order valence-corrected chi connectivity index (χ4v) is 0.370. The molecular formula is C5H14N4O. The first kappa shape index (κ1) is 9.19. The second kappa shape index (κ2) is 6.31. The molecule has 0 atom stereocenters. The van der Waals surface area contributed by atoms with E-state index in [1.165, 1.54) is 0 Å². The summed E-state index contributed by atoms with van der Waals surface area (Å²) < 4.78 is 0. The number of hydrogen-bond acceptors (Lipinski definition) is 3. The Kier molecular flexibility index (Phi) is 5.80. The van der Waals surface area contributed by atoms with Crippen LogP contribution in [0.15, 0.2) is 4.99 Å². The molecule has 0 unspecified atom stereocenters. The molecule has 0 saturated heterocycles. The van der Waals surface area contributed by atoms with E-state index < -0.39 is 0 Å². The molecule has 0 fully saturated rings. The fourth-order valence-electron chi connectivity index (χ4n) is 0.370. The topological polar surface area (TPSA) is 71.7 Å². The summed E-state index contributed by atoms with van der Waals surface area (Å²) in [6, 6.07) is 0. The van der Waals surface area contributed by atoms with Crippen molar-refractivity contribution in [2.45, 2.75) is 13.8 Å². The molecule has 0 radical (unpaired) electrons. The van der Waals surface area contributed by atoms with Crippen LogP contribution in [0.3, 0.4) is 0 Å². The highest BCUT2D eigenvalue weighted by molar-refractivity contribution is 5.77. The van der Waals surface area contributed by atoms with E-state index in [1.54, 1.807) is 0 Å². The minimum Gasteiger partial charge on any atom is -0.369 e. The molecule has 0 aliphatic rings. The molecule has 10 heavy (non-hydrogen) atoms. The zero-order chi connectivity index (χ0) is 7.82. The third-order valence-electron chi connectivity index (χ3n) is 0.724.